The van der Waals surface area contributed by atoms with E-state index in [0.717, 1.165) is 5.56 Å². The van der Waals surface area contributed by atoms with E-state index in [9.17, 15) is 14.0 Å². The van der Waals surface area contributed by atoms with Crippen molar-refractivity contribution in [3.63, 3.8) is 0 Å². The van der Waals surface area contributed by atoms with E-state index in [0.29, 0.717) is 36.2 Å². The van der Waals surface area contributed by atoms with Gasteiger partial charge in [-0.05, 0) is 53.9 Å². The van der Waals surface area contributed by atoms with Gasteiger partial charge in [0.25, 0.3) is 11.8 Å². The second-order valence-electron chi connectivity index (χ2n) is 6.22. The number of aromatic nitrogens is 1. The fourth-order valence-electron chi connectivity index (χ4n) is 2.67. The molecule has 5 nitrogen and oxygen atoms in total. The van der Waals surface area contributed by atoms with Crippen molar-refractivity contribution in [1.29, 1.82) is 0 Å². The van der Waals surface area contributed by atoms with Gasteiger partial charge in [-0.3, -0.25) is 14.6 Å². The molecule has 2 amide bonds. The summed E-state index contributed by atoms with van der Waals surface area (Å²) in [5, 5.41) is 5.56. The Balaban J connectivity index is 1.49. The molecular formula is C22H20FN3O2. The van der Waals surface area contributed by atoms with E-state index in [1.54, 1.807) is 60.9 Å². The van der Waals surface area contributed by atoms with Gasteiger partial charge in [0.05, 0.1) is 0 Å². The van der Waals surface area contributed by atoms with Gasteiger partial charge in [0.1, 0.15) is 5.82 Å². The monoisotopic (exact) mass is 377 g/mol. The van der Waals surface area contributed by atoms with Crippen LogP contribution in [0.5, 0.6) is 0 Å². The molecule has 1 aromatic heterocycles. The van der Waals surface area contributed by atoms with Crippen LogP contribution in [0.2, 0.25) is 0 Å². The molecule has 2 N–H and O–H groups in total. The smallest absolute Gasteiger partial charge is 0.251 e. The summed E-state index contributed by atoms with van der Waals surface area (Å²) in [7, 11) is 0. The highest BCUT2D eigenvalue weighted by Crippen LogP contribution is 2.08. The van der Waals surface area contributed by atoms with Crippen molar-refractivity contribution >= 4 is 11.8 Å². The normalized spacial score (nSPS) is 10.3. The van der Waals surface area contributed by atoms with Gasteiger partial charge in [0.15, 0.2) is 0 Å². The Kier molecular flexibility index (Phi) is 6.46. The molecule has 0 aliphatic carbocycles. The zero-order valence-electron chi connectivity index (χ0n) is 15.2. The van der Waals surface area contributed by atoms with Crippen LogP contribution in [0.1, 0.15) is 31.8 Å². The van der Waals surface area contributed by atoms with Crippen LogP contribution in [0.3, 0.4) is 0 Å². The van der Waals surface area contributed by atoms with E-state index in [4.69, 9.17) is 0 Å². The van der Waals surface area contributed by atoms with Crippen LogP contribution in [0.25, 0.3) is 0 Å². The summed E-state index contributed by atoms with van der Waals surface area (Å²) in [4.78, 5) is 28.4. The maximum Gasteiger partial charge on any atom is 0.251 e. The van der Waals surface area contributed by atoms with Crippen molar-refractivity contribution in [1.82, 2.24) is 15.6 Å². The Morgan fingerprint density at radius 2 is 1.54 bits per heavy atom. The third kappa shape index (κ3) is 5.23. The molecule has 0 fully saturated rings. The number of halogens is 1. The zero-order valence-corrected chi connectivity index (χ0v) is 15.2. The average molecular weight is 377 g/mol. The quantitative estimate of drug-likeness (QED) is 0.665. The van der Waals surface area contributed by atoms with Gasteiger partial charge in [-0.2, -0.15) is 0 Å². The van der Waals surface area contributed by atoms with Crippen LogP contribution in [0, 0.1) is 5.82 Å². The number of carbonyl (C=O) groups is 2. The number of benzene rings is 2. The predicted molar refractivity (Wildman–Crippen MR) is 104 cm³/mol. The fourth-order valence-corrected chi connectivity index (χ4v) is 2.67. The van der Waals surface area contributed by atoms with Crippen LogP contribution in [0.4, 0.5) is 4.39 Å². The molecule has 0 saturated heterocycles. The molecule has 142 valence electrons. The lowest BCUT2D eigenvalue weighted by atomic mass is 10.1. The molecule has 0 bridgehead atoms. The SMILES string of the molecule is O=C(NCCc1ccccc1F)c1ccc(C(=O)NCc2cccnc2)cc1. The van der Waals surface area contributed by atoms with E-state index in [1.807, 2.05) is 6.07 Å². The first-order chi connectivity index (χ1) is 13.6. The Labute approximate surface area is 162 Å². The van der Waals surface area contributed by atoms with Crippen molar-refractivity contribution in [2.24, 2.45) is 0 Å². The first-order valence-corrected chi connectivity index (χ1v) is 8.92. The van der Waals surface area contributed by atoms with Crippen molar-refractivity contribution in [3.05, 3.63) is 101 Å². The molecule has 0 unspecified atom stereocenters. The van der Waals surface area contributed by atoms with Crippen LogP contribution in [-0.4, -0.2) is 23.3 Å². The molecule has 3 aromatic rings. The third-order valence-corrected chi connectivity index (χ3v) is 4.22. The van der Waals surface area contributed by atoms with Gasteiger partial charge in [-0.15, -0.1) is 0 Å². The third-order valence-electron chi connectivity index (χ3n) is 4.22. The van der Waals surface area contributed by atoms with Gasteiger partial charge in [0.2, 0.25) is 0 Å². The van der Waals surface area contributed by atoms with E-state index < -0.39 is 0 Å². The van der Waals surface area contributed by atoms with Crippen molar-refractivity contribution in [2.75, 3.05) is 6.54 Å². The van der Waals surface area contributed by atoms with Crippen LogP contribution >= 0.6 is 0 Å². The molecular weight excluding hydrogens is 357 g/mol. The van der Waals surface area contributed by atoms with Crippen LogP contribution in [-0.2, 0) is 13.0 Å². The van der Waals surface area contributed by atoms with Crippen LogP contribution in [0.15, 0.2) is 73.1 Å². The number of amides is 2. The predicted octanol–water partition coefficient (Wildman–Crippen LogP) is 3.12. The summed E-state index contributed by atoms with van der Waals surface area (Å²) in [6.45, 7) is 0.706. The molecule has 6 heteroatoms. The van der Waals surface area contributed by atoms with Crippen molar-refractivity contribution < 1.29 is 14.0 Å². The fraction of sp³-hybridized carbons (Fsp3) is 0.136. The highest BCUT2D eigenvalue weighted by molar-refractivity contribution is 5.97. The Morgan fingerprint density at radius 3 is 2.18 bits per heavy atom. The lowest BCUT2D eigenvalue weighted by Crippen LogP contribution is -2.26. The number of nitrogens with one attached hydrogen (secondary N) is 2. The number of pyridine rings is 1. The highest BCUT2D eigenvalue weighted by Gasteiger charge is 2.09. The summed E-state index contributed by atoms with van der Waals surface area (Å²) >= 11 is 0. The van der Waals surface area contributed by atoms with Gasteiger partial charge >= 0.3 is 0 Å². The number of rotatable bonds is 7. The van der Waals surface area contributed by atoms with Gasteiger partial charge in [-0.1, -0.05) is 24.3 Å². The minimum absolute atomic E-state index is 0.227. The molecule has 0 spiro atoms. The standard InChI is InChI=1S/C22H20FN3O2/c23-20-6-2-1-5-17(20)11-13-25-21(27)18-7-9-19(10-8-18)22(28)26-15-16-4-3-12-24-14-16/h1-10,12,14H,11,13,15H2,(H,25,27)(H,26,28). The van der Waals surface area contributed by atoms with E-state index in [-0.39, 0.29) is 17.6 Å². The summed E-state index contributed by atoms with van der Waals surface area (Å²) in [6.07, 6.45) is 3.77. The number of carbonyl (C=O) groups excluding carboxylic acids is 2. The number of hydrogen-bond donors (Lipinski definition) is 2. The summed E-state index contributed by atoms with van der Waals surface area (Å²) in [6, 6.07) is 16.6. The number of nitrogens with zero attached hydrogens (tertiary/aromatic N) is 1. The molecule has 1 heterocycles. The van der Waals surface area contributed by atoms with Crippen LogP contribution < -0.4 is 10.6 Å². The molecule has 0 aliphatic heterocycles. The van der Waals surface area contributed by atoms with Gasteiger partial charge < -0.3 is 10.6 Å². The second-order valence-corrected chi connectivity index (χ2v) is 6.22. The lowest BCUT2D eigenvalue weighted by molar-refractivity contribution is 0.0940. The minimum atomic E-state index is -0.279. The molecule has 0 atom stereocenters. The summed E-state index contributed by atoms with van der Waals surface area (Å²) < 4.78 is 13.6. The molecule has 0 radical (unpaired) electrons. The highest BCUT2D eigenvalue weighted by atomic mass is 19.1. The molecule has 2 aromatic carbocycles. The molecule has 28 heavy (non-hydrogen) atoms. The Hall–Kier alpha value is -3.54. The van der Waals surface area contributed by atoms with E-state index >= 15 is 0 Å². The van der Waals surface area contributed by atoms with Gasteiger partial charge in [-0.25, -0.2) is 4.39 Å². The summed E-state index contributed by atoms with van der Waals surface area (Å²) in [5.74, 6) is -0.771. The van der Waals surface area contributed by atoms with Gasteiger partial charge in [0, 0.05) is 36.6 Å². The maximum atomic E-state index is 13.6. The maximum absolute atomic E-state index is 13.6. The molecule has 3 rings (SSSR count). The zero-order chi connectivity index (χ0) is 19.8. The Morgan fingerprint density at radius 1 is 0.857 bits per heavy atom. The number of hydrogen-bond acceptors (Lipinski definition) is 3. The first kappa shape index (κ1) is 19.2. The molecule has 0 aliphatic rings. The largest absolute Gasteiger partial charge is 0.352 e. The van der Waals surface area contributed by atoms with Crippen molar-refractivity contribution in [2.45, 2.75) is 13.0 Å². The topological polar surface area (TPSA) is 71.1 Å². The average Bonchev–Trinajstić information content (AvgIpc) is 2.74. The molecule has 0 saturated carbocycles. The minimum Gasteiger partial charge on any atom is -0.352 e. The Bertz CT molecular complexity index is 944. The van der Waals surface area contributed by atoms with E-state index in [2.05, 4.69) is 15.6 Å². The van der Waals surface area contributed by atoms with Crippen molar-refractivity contribution in [3.8, 4) is 0 Å². The second kappa shape index (κ2) is 9.41. The summed E-state index contributed by atoms with van der Waals surface area (Å²) in [5.41, 5.74) is 2.37. The first-order valence-electron chi connectivity index (χ1n) is 8.92. The lowest BCUT2D eigenvalue weighted by Gasteiger charge is -2.08. The van der Waals surface area contributed by atoms with E-state index in [1.165, 1.54) is 6.07 Å².